The van der Waals surface area contributed by atoms with Gasteiger partial charge >= 0.3 is 0 Å². The fourth-order valence-corrected chi connectivity index (χ4v) is 4.04. The van der Waals surface area contributed by atoms with Crippen LogP contribution >= 0.6 is 11.6 Å². The van der Waals surface area contributed by atoms with E-state index in [1.807, 2.05) is 36.4 Å². The predicted molar refractivity (Wildman–Crippen MR) is 110 cm³/mol. The number of halogens is 1. The van der Waals surface area contributed by atoms with E-state index >= 15 is 0 Å². The zero-order chi connectivity index (χ0) is 20.3. The number of methoxy groups -OCH3 is 1. The van der Waals surface area contributed by atoms with E-state index < -0.39 is 5.41 Å². The summed E-state index contributed by atoms with van der Waals surface area (Å²) in [6, 6.07) is 15.0. The molecule has 0 aliphatic heterocycles. The lowest BCUT2D eigenvalue weighted by Crippen LogP contribution is -2.42. The lowest BCUT2D eigenvalue weighted by molar-refractivity contribution is -0.127. The first-order valence-electron chi connectivity index (χ1n) is 9.62. The molecule has 4 rings (SSSR count). The normalized spacial score (nSPS) is 15.2. The summed E-state index contributed by atoms with van der Waals surface area (Å²) in [7, 11) is 1.63. The van der Waals surface area contributed by atoms with Crippen molar-refractivity contribution in [1.82, 2.24) is 15.5 Å². The number of carbonyl (C=O) groups is 1. The molecule has 7 heteroatoms. The average molecular weight is 412 g/mol. The molecule has 0 unspecified atom stereocenters. The van der Waals surface area contributed by atoms with Gasteiger partial charge in [-0.05, 0) is 54.8 Å². The Balaban J connectivity index is 1.48. The SMILES string of the molecule is COc1cccc(C2(C(=O)NCc3nc(-c4ccc(Cl)cc4)no3)CCCC2)c1. The molecule has 0 spiro atoms. The maximum absolute atomic E-state index is 13.2. The van der Waals surface area contributed by atoms with Crippen LogP contribution in [-0.2, 0) is 16.8 Å². The zero-order valence-electron chi connectivity index (χ0n) is 16.2. The summed E-state index contributed by atoms with van der Waals surface area (Å²) in [5.41, 5.74) is 1.24. The molecule has 1 saturated carbocycles. The highest BCUT2D eigenvalue weighted by molar-refractivity contribution is 6.30. The van der Waals surface area contributed by atoms with Crippen LogP contribution < -0.4 is 10.1 Å². The topological polar surface area (TPSA) is 77.2 Å². The van der Waals surface area contributed by atoms with Crippen molar-refractivity contribution in [3.05, 3.63) is 65.0 Å². The van der Waals surface area contributed by atoms with Gasteiger partial charge in [0, 0.05) is 10.6 Å². The van der Waals surface area contributed by atoms with Crippen molar-refractivity contribution >= 4 is 17.5 Å². The number of hydrogen-bond acceptors (Lipinski definition) is 5. The minimum Gasteiger partial charge on any atom is -0.497 e. The summed E-state index contributed by atoms with van der Waals surface area (Å²) in [6.45, 7) is 0.186. The molecule has 1 aromatic heterocycles. The summed E-state index contributed by atoms with van der Waals surface area (Å²) in [5, 5.41) is 7.63. The van der Waals surface area contributed by atoms with Crippen molar-refractivity contribution in [3.63, 3.8) is 0 Å². The molecule has 0 bridgehead atoms. The van der Waals surface area contributed by atoms with E-state index in [2.05, 4.69) is 15.5 Å². The smallest absolute Gasteiger partial charge is 0.246 e. The predicted octanol–water partition coefficient (Wildman–Crippen LogP) is 4.53. The van der Waals surface area contributed by atoms with Crippen LogP contribution in [0, 0.1) is 0 Å². The Labute approximate surface area is 174 Å². The maximum Gasteiger partial charge on any atom is 0.246 e. The zero-order valence-corrected chi connectivity index (χ0v) is 16.9. The number of nitrogens with one attached hydrogen (secondary N) is 1. The van der Waals surface area contributed by atoms with Crippen LogP contribution in [0.4, 0.5) is 0 Å². The third kappa shape index (κ3) is 3.98. The fraction of sp³-hybridized carbons (Fsp3) is 0.318. The van der Waals surface area contributed by atoms with Crippen LogP contribution in [0.3, 0.4) is 0 Å². The van der Waals surface area contributed by atoms with E-state index in [-0.39, 0.29) is 12.5 Å². The lowest BCUT2D eigenvalue weighted by atomic mass is 9.78. The highest BCUT2D eigenvalue weighted by Crippen LogP contribution is 2.42. The van der Waals surface area contributed by atoms with Crippen molar-refractivity contribution in [3.8, 4) is 17.1 Å². The van der Waals surface area contributed by atoms with Crippen molar-refractivity contribution in [2.45, 2.75) is 37.6 Å². The molecule has 3 aromatic rings. The Hall–Kier alpha value is -2.86. The fourth-order valence-electron chi connectivity index (χ4n) is 3.91. The third-order valence-electron chi connectivity index (χ3n) is 5.48. The second-order valence-corrected chi connectivity index (χ2v) is 7.66. The van der Waals surface area contributed by atoms with Gasteiger partial charge in [-0.3, -0.25) is 4.79 Å². The van der Waals surface area contributed by atoms with Gasteiger partial charge in [0.15, 0.2) is 0 Å². The molecule has 6 nitrogen and oxygen atoms in total. The van der Waals surface area contributed by atoms with Crippen molar-refractivity contribution < 1.29 is 14.1 Å². The van der Waals surface area contributed by atoms with Crippen molar-refractivity contribution in [1.29, 1.82) is 0 Å². The molecule has 150 valence electrons. The first-order valence-corrected chi connectivity index (χ1v) is 10.00. The largest absolute Gasteiger partial charge is 0.497 e. The van der Waals surface area contributed by atoms with Crippen molar-refractivity contribution in [2.24, 2.45) is 0 Å². The number of ether oxygens (including phenoxy) is 1. The molecule has 1 aliphatic carbocycles. The number of hydrogen-bond donors (Lipinski definition) is 1. The number of rotatable bonds is 6. The molecular weight excluding hydrogens is 390 g/mol. The number of benzene rings is 2. The van der Waals surface area contributed by atoms with Crippen LogP contribution in [0.1, 0.15) is 37.1 Å². The van der Waals surface area contributed by atoms with Gasteiger partial charge in [-0.15, -0.1) is 0 Å². The van der Waals surface area contributed by atoms with Gasteiger partial charge in [-0.1, -0.05) is 41.7 Å². The van der Waals surface area contributed by atoms with Gasteiger partial charge in [0.25, 0.3) is 0 Å². The first-order chi connectivity index (χ1) is 14.1. The molecular formula is C22H22ClN3O3. The Morgan fingerprint density at radius 3 is 2.69 bits per heavy atom. The minimum absolute atomic E-state index is 0.0190. The number of aromatic nitrogens is 2. The van der Waals surface area contributed by atoms with Gasteiger partial charge in [-0.2, -0.15) is 4.98 Å². The standard InChI is InChI=1S/C22H22ClN3O3/c1-28-18-6-4-5-16(13-18)22(11-2-3-12-22)21(27)24-14-19-25-20(26-29-19)15-7-9-17(23)10-8-15/h4-10,13H,2-3,11-12,14H2,1H3,(H,24,27). The number of carbonyl (C=O) groups excluding carboxylic acids is 1. The second-order valence-electron chi connectivity index (χ2n) is 7.22. The highest BCUT2D eigenvalue weighted by atomic mass is 35.5. The van der Waals surface area contributed by atoms with Gasteiger partial charge in [0.05, 0.1) is 19.1 Å². The summed E-state index contributed by atoms with van der Waals surface area (Å²) >= 11 is 5.91. The monoisotopic (exact) mass is 411 g/mol. The van der Waals surface area contributed by atoms with Gasteiger partial charge < -0.3 is 14.6 Å². The minimum atomic E-state index is -0.548. The summed E-state index contributed by atoms with van der Waals surface area (Å²) in [6.07, 6.45) is 3.66. The molecule has 1 N–H and O–H groups in total. The van der Waals surface area contributed by atoms with E-state index in [1.54, 1.807) is 19.2 Å². The van der Waals surface area contributed by atoms with E-state index in [0.717, 1.165) is 42.6 Å². The summed E-state index contributed by atoms with van der Waals surface area (Å²) in [4.78, 5) is 17.6. The molecule has 0 atom stereocenters. The molecule has 29 heavy (non-hydrogen) atoms. The van der Waals surface area contributed by atoms with E-state index in [1.165, 1.54) is 0 Å². The highest BCUT2D eigenvalue weighted by Gasteiger charge is 2.42. The van der Waals surface area contributed by atoms with E-state index in [4.69, 9.17) is 20.9 Å². The van der Waals surface area contributed by atoms with Crippen LogP contribution in [0.2, 0.25) is 5.02 Å². The van der Waals surface area contributed by atoms with Crippen LogP contribution in [0.15, 0.2) is 53.1 Å². The van der Waals surface area contributed by atoms with Crippen LogP contribution in [-0.4, -0.2) is 23.2 Å². The maximum atomic E-state index is 13.2. The Bertz CT molecular complexity index is 995. The molecule has 1 aliphatic rings. The Morgan fingerprint density at radius 1 is 1.21 bits per heavy atom. The second kappa shape index (κ2) is 8.25. The van der Waals surface area contributed by atoms with E-state index in [9.17, 15) is 4.79 Å². The Kier molecular flexibility index (Phi) is 5.53. The summed E-state index contributed by atoms with van der Waals surface area (Å²) in [5.74, 6) is 1.57. The lowest BCUT2D eigenvalue weighted by Gasteiger charge is -2.28. The molecule has 0 radical (unpaired) electrons. The average Bonchev–Trinajstić information content (AvgIpc) is 3.43. The van der Waals surface area contributed by atoms with Gasteiger partial charge in [0.1, 0.15) is 5.75 Å². The number of amides is 1. The van der Waals surface area contributed by atoms with Gasteiger partial charge in [-0.25, -0.2) is 0 Å². The quantitative estimate of drug-likeness (QED) is 0.644. The molecule has 2 aromatic carbocycles. The molecule has 0 saturated heterocycles. The van der Waals surface area contributed by atoms with E-state index in [0.29, 0.717) is 16.7 Å². The first kappa shape index (κ1) is 19.5. The van der Waals surface area contributed by atoms with Crippen LogP contribution in [0.5, 0.6) is 5.75 Å². The molecule has 1 fully saturated rings. The number of nitrogens with zero attached hydrogens (tertiary/aromatic N) is 2. The summed E-state index contributed by atoms with van der Waals surface area (Å²) < 4.78 is 10.7. The molecule has 1 amide bonds. The van der Waals surface area contributed by atoms with Gasteiger partial charge in [0.2, 0.25) is 17.6 Å². The Morgan fingerprint density at radius 2 is 1.97 bits per heavy atom. The van der Waals surface area contributed by atoms with Crippen molar-refractivity contribution in [2.75, 3.05) is 7.11 Å². The van der Waals surface area contributed by atoms with Crippen LogP contribution in [0.25, 0.3) is 11.4 Å². The third-order valence-corrected chi connectivity index (χ3v) is 5.74. The molecule has 1 heterocycles.